The third-order valence-corrected chi connectivity index (χ3v) is 9.85. The molecule has 0 saturated heterocycles. The second-order valence-electron chi connectivity index (χ2n) is 14.1. The number of aromatic nitrogens is 2. The van der Waals surface area contributed by atoms with E-state index in [-0.39, 0.29) is 0 Å². The fourth-order valence-corrected chi connectivity index (χ4v) is 6.86. The summed E-state index contributed by atoms with van der Waals surface area (Å²) in [6.07, 6.45) is 51.9. The van der Waals surface area contributed by atoms with Crippen molar-refractivity contribution in [1.82, 2.24) is 4.57 Å². The number of hydrogen-bond acceptors (Lipinski definition) is 0. The van der Waals surface area contributed by atoms with Crippen LogP contribution in [0.3, 0.4) is 0 Å². The zero-order valence-electron chi connectivity index (χ0n) is 30.3. The van der Waals surface area contributed by atoms with Crippen LogP contribution >= 0.6 is 0 Å². The molecular weight excluding hydrogens is 520 g/mol. The van der Waals surface area contributed by atoms with Crippen molar-refractivity contribution in [2.75, 3.05) is 0 Å². The van der Waals surface area contributed by atoms with Crippen LogP contribution in [0.2, 0.25) is 0 Å². The molecule has 2 heteroatoms. The fraction of sp³-hybridized carbons (Fsp3) is 0.927. The molecule has 0 aromatic carbocycles. The van der Waals surface area contributed by atoms with Gasteiger partial charge in [-0.25, -0.2) is 9.13 Å². The predicted molar refractivity (Wildman–Crippen MR) is 193 cm³/mol. The first-order chi connectivity index (χ1) is 21.3. The SMILES string of the molecule is CCCCCCCCCCCCCCCCCn1cc[n+](CCCCCCCCCCCCC)c1CCCCCCCC. The standard InChI is InChI=1S/C41H81N2/c1-4-7-10-13-16-18-20-21-22-23-25-27-29-32-35-38-43-40-39-42(41(43)36-33-30-15-12-9-6-3)37-34-31-28-26-24-19-17-14-11-8-5-2/h39-40H,4-38H2,1-3H3/q+1. The first-order valence-electron chi connectivity index (χ1n) is 20.4. The van der Waals surface area contributed by atoms with Crippen LogP contribution in [0.1, 0.15) is 232 Å². The Morgan fingerprint density at radius 3 is 1.12 bits per heavy atom. The minimum atomic E-state index is 1.23. The van der Waals surface area contributed by atoms with Gasteiger partial charge in [-0.3, -0.25) is 0 Å². The van der Waals surface area contributed by atoms with E-state index in [0.717, 1.165) is 0 Å². The highest BCUT2D eigenvalue weighted by molar-refractivity contribution is 4.84. The maximum Gasteiger partial charge on any atom is 0.256 e. The second-order valence-corrected chi connectivity index (χ2v) is 14.1. The van der Waals surface area contributed by atoms with Crippen LogP contribution in [0.25, 0.3) is 0 Å². The highest BCUT2D eigenvalue weighted by Gasteiger charge is 2.16. The molecule has 43 heavy (non-hydrogen) atoms. The number of nitrogens with zero attached hydrogens (tertiary/aromatic N) is 2. The van der Waals surface area contributed by atoms with Crippen LogP contribution in [0, 0.1) is 0 Å². The van der Waals surface area contributed by atoms with Crippen molar-refractivity contribution in [2.45, 2.75) is 246 Å². The van der Waals surface area contributed by atoms with Gasteiger partial charge in [0.15, 0.2) is 0 Å². The largest absolute Gasteiger partial charge is 0.256 e. The number of aryl methyl sites for hydroxylation is 2. The molecule has 0 aliphatic rings. The summed E-state index contributed by atoms with van der Waals surface area (Å²) < 4.78 is 5.26. The highest BCUT2D eigenvalue weighted by Crippen LogP contribution is 2.15. The normalized spacial score (nSPS) is 11.6. The Balaban J connectivity index is 2.21. The summed E-state index contributed by atoms with van der Waals surface area (Å²) in [5.41, 5.74) is 0. The van der Waals surface area contributed by atoms with Gasteiger partial charge < -0.3 is 0 Å². The third-order valence-electron chi connectivity index (χ3n) is 9.85. The number of hydrogen-bond donors (Lipinski definition) is 0. The lowest BCUT2D eigenvalue weighted by Crippen LogP contribution is -2.37. The van der Waals surface area contributed by atoms with Crippen molar-refractivity contribution in [3.05, 3.63) is 18.2 Å². The second kappa shape index (κ2) is 32.6. The topological polar surface area (TPSA) is 8.81 Å². The molecule has 0 fully saturated rings. The number of imidazole rings is 1. The molecule has 0 unspecified atom stereocenters. The molecule has 1 aromatic rings. The molecule has 0 aliphatic heterocycles. The molecular formula is C41H81N2+. The molecule has 0 spiro atoms. The summed E-state index contributed by atoms with van der Waals surface area (Å²) >= 11 is 0. The van der Waals surface area contributed by atoms with E-state index in [1.807, 2.05) is 0 Å². The van der Waals surface area contributed by atoms with Gasteiger partial charge >= 0.3 is 0 Å². The number of rotatable bonds is 35. The molecule has 254 valence electrons. The summed E-state index contributed by atoms with van der Waals surface area (Å²) in [7, 11) is 0. The Hall–Kier alpha value is -0.790. The zero-order chi connectivity index (χ0) is 30.9. The van der Waals surface area contributed by atoms with Crippen LogP contribution in [-0.2, 0) is 19.5 Å². The van der Waals surface area contributed by atoms with E-state index in [2.05, 4.69) is 42.3 Å². The Kier molecular flexibility index (Phi) is 30.5. The van der Waals surface area contributed by atoms with Gasteiger partial charge in [0.05, 0.1) is 13.1 Å². The Labute approximate surface area is 272 Å². The van der Waals surface area contributed by atoms with E-state index in [1.54, 1.807) is 5.82 Å². The Morgan fingerprint density at radius 1 is 0.395 bits per heavy atom. The molecule has 0 amide bonds. The summed E-state index contributed by atoms with van der Waals surface area (Å²) in [6.45, 7) is 9.41. The molecule has 1 aromatic heterocycles. The van der Waals surface area contributed by atoms with E-state index in [1.165, 1.54) is 225 Å². The maximum atomic E-state index is 2.63. The minimum absolute atomic E-state index is 1.23. The van der Waals surface area contributed by atoms with Crippen molar-refractivity contribution >= 4 is 0 Å². The van der Waals surface area contributed by atoms with Gasteiger partial charge in [-0.1, -0.05) is 194 Å². The van der Waals surface area contributed by atoms with Crippen molar-refractivity contribution in [3.63, 3.8) is 0 Å². The van der Waals surface area contributed by atoms with E-state index in [0.29, 0.717) is 0 Å². The van der Waals surface area contributed by atoms with Gasteiger partial charge in [0, 0.05) is 6.42 Å². The summed E-state index contributed by atoms with van der Waals surface area (Å²) in [5, 5.41) is 0. The molecule has 1 rings (SSSR count). The van der Waals surface area contributed by atoms with Crippen molar-refractivity contribution in [1.29, 1.82) is 0 Å². The zero-order valence-corrected chi connectivity index (χ0v) is 30.3. The van der Waals surface area contributed by atoms with Crippen molar-refractivity contribution in [2.24, 2.45) is 0 Å². The number of unbranched alkanes of at least 4 members (excludes halogenated alkanes) is 29. The first-order valence-corrected chi connectivity index (χ1v) is 20.4. The van der Waals surface area contributed by atoms with Gasteiger partial charge in [0.2, 0.25) is 0 Å². The Morgan fingerprint density at radius 2 is 0.721 bits per heavy atom. The van der Waals surface area contributed by atoms with Crippen LogP contribution in [0.15, 0.2) is 12.4 Å². The van der Waals surface area contributed by atoms with Gasteiger partial charge in [-0.05, 0) is 32.1 Å². The van der Waals surface area contributed by atoms with E-state index in [9.17, 15) is 0 Å². The van der Waals surface area contributed by atoms with E-state index >= 15 is 0 Å². The summed E-state index contributed by atoms with van der Waals surface area (Å²) in [5.74, 6) is 1.62. The fourth-order valence-electron chi connectivity index (χ4n) is 6.86. The average Bonchev–Trinajstić information content (AvgIpc) is 3.40. The van der Waals surface area contributed by atoms with Crippen LogP contribution in [-0.4, -0.2) is 4.57 Å². The summed E-state index contributed by atoms with van der Waals surface area (Å²) in [6, 6.07) is 0. The Bertz CT molecular complexity index is 663. The van der Waals surface area contributed by atoms with Crippen LogP contribution in [0.5, 0.6) is 0 Å². The maximum absolute atomic E-state index is 2.63. The quantitative estimate of drug-likeness (QED) is 0.0540. The molecule has 1 heterocycles. The average molecular weight is 602 g/mol. The van der Waals surface area contributed by atoms with Gasteiger partial charge in [0.1, 0.15) is 12.4 Å². The molecule has 0 N–H and O–H groups in total. The third kappa shape index (κ3) is 25.1. The van der Waals surface area contributed by atoms with Gasteiger partial charge in [0.25, 0.3) is 5.82 Å². The summed E-state index contributed by atoms with van der Waals surface area (Å²) in [4.78, 5) is 0. The van der Waals surface area contributed by atoms with Crippen LogP contribution in [0.4, 0.5) is 0 Å². The lowest BCUT2D eigenvalue weighted by Gasteiger charge is -2.07. The lowest BCUT2D eigenvalue weighted by molar-refractivity contribution is -0.704. The van der Waals surface area contributed by atoms with Crippen molar-refractivity contribution < 1.29 is 4.57 Å². The molecule has 2 nitrogen and oxygen atoms in total. The lowest BCUT2D eigenvalue weighted by atomic mass is 10.0. The predicted octanol–water partition coefficient (Wildman–Crippen LogP) is 13.9. The first kappa shape index (κ1) is 40.2. The van der Waals surface area contributed by atoms with Gasteiger partial charge in [-0.15, -0.1) is 0 Å². The molecule has 0 radical (unpaired) electrons. The minimum Gasteiger partial charge on any atom is -0.234 e. The molecule has 0 saturated carbocycles. The molecule has 0 atom stereocenters. The van der Waals surface area contributed by atoms with Gasteiger partial charge in [-0.2, -0.15) is 0 Å². The van der Waals surface area contributed by atoms with Crippen molar-refractivity contribution in [3.8, 4) is 0 Å². The van der Waals surface area contributed by atoms with E-state index in [4.69, 9.17) is 0 Å². The molecule has 0 bridgehead atoms. The molecule has 0 aliphatic carbocycles. The smallest absolute Gasteiger partial charge is 0.234 e. The highest BCUT2D eigenvalue weighted by atomic mass is 15.1. The van der Waals surface area contributed by atoms with Crippen LogP contribution < -0.4 is 4.57 Å². The monoisotopic (exact) mass is 602 g/mol. The van der Waals surface area contributed by atoms with E-state index < -0.39 is 0 Å².